The van der Waals surface area contributed by atoms with E-state index in [1.807, 2.05) is 48.5 Å². The molecule has 0 aromatic heterocycles. The van der Waals surface area contributed by atoms with Gasteiger partial charge in [0.05, 0.1) is 12.5 Å². The maximum absolute atomic E-state index is 11.9. The van der Waals surface area contributed by atoms with E-state index in [9.17, 15) is 9.90 Å². The summed E-state index contributed by atoms with van der Waals surface area (Å²) in [6.07, 6.45) is -0.189. The lowest BCUT2D eigenvalue weighted by Gasteiger charge is -2.09. The van der Waals surface area contributed by atoms with Gasteiger partial charge in [-0.1, -0.05) is 42.5 Å². The van der Waals surface area contributed by atoms with E-state index < -0.39 is 6.10 Å². The van der Waals surface area contributed by atoms with Gasteiger partial charge >= 0.3 is 0 Å². The molecular weight excluding hydrogens is 238 g/mol. The summed E-state index contributed by atoms with van der Waals surface area (Å²) < 4.78 is 0. The number of hydrogen-bond acceptors (Lipinski definition) is 2. The first-order valence-corrected chi connectivity index (χ1v) is 6.27. The minimum atomic E-state index is -0.536. The SMILES string of the molecule is CC(O)c1cccc(NC(=O)Cc2ccccc2)c1. The lowest BCUT2D eigenvalue weighted by molar-refractivity contribution is -0.115. The van der Waals surface area contributed by atoms with Crippen LogP contribution in [0.25, 0.3) is 0 Å². The highest BCUT2D eigenvalue weighted by molar-refractivity contribution is 5.92. The molecule has 19 heavy (non-hydrogen) atoms. The number of aliphatic hydroxyl groups is 1. The zero-order valence-corrected chi connectivity index (χ0v) is 10.8. The van der Waals surface area contributed by atoms with E-state index in [1.54, 1.807) is 13.0 Å². The van der Waals surface area contributed by atoms with Gasteiger partial charge in [0, 0.05) is 5.69 Å². The van der Waals surface area contributed by atoms with Crippen LogP contribution in [0.1, 0.15) is 24.2 Å². The fourth-order valence-electron chi connectivity index (χ4n) is 1.86. The molecule has 0 radical (unpaired) electrons. The number of benzene rings is 2. The zero-order valence-electron chi connectivity index (χ0n) is 10.8. The molecule has 1 unspecified atom stereocenters. The third-order valence-corrected chi connectivity index (χ3v) is 2.86. The van der Waals surface area contributed by atoms with Crippen LogP contribution in [0.15, 0.2) is 54.6 Å². The van der Waals surface area contributed by atoms with Crippen LogP contribution in [-0.4, -0.2) is 11.0 Å². The molecule has 98 valence electrons. The van der Waals surface area contributed by atoms with Crippen molar-refractivity contribution in [1.82, 2.24) is 0 Å². The van der Waals surface area contributed by atoms with Crippen molar-refractivity contribution in [3.05, 3.63) is 65.7 Å². The number of nitrogens with one attached hydrogen (secondary N) is 1. The number of rotatable bonds is 4. The van der Waals surface area contributed by atoms with Gasteiger partial charge < -0.3 is 10.4 Å². The van der Waals surface area contributed by atoms with Gasteiger partial charge in [0.1, 0.15) is 0 Å². The van der Waals surface area contributed by atoms with E-state index in [0.29, 0.717) is 12.1 Å². The molecule has 0 aliphatic carbocycles. The van der Waals surface area contributed by atoms with Gasteiger partial charge in [-0.15, -0.1) is 0 Å². The van der Waals surface area contributed by atoms with Gasteiger partial charge in [-0.2, -0.15) is 0 Å². The number of amides is 1. The number of hydrogen-bond donors (Lipinski definition) is 2. The van der Waals surface area contributed by atoms with Crippen LogP contribution in [0, 0.1) is 0 Å². The Bertz CT molecular complexity index is 550. The molecule has 0 saturated heterocycles. The molecule has 1 atom stereocenters. The summed E-state index contributed by atoms with van der Waals surface area (Å²) in [6, 6.07) is 16.8. The normalized spacial score (nSPS) is 11.9. The van der Waals surface area contributed by atoms with Crippen LogP contribution in [0.5, 0.6) is 0 Å². The molecule has 3 nitrogen and oxygen atoms in total. The van der Waals surface area contributed by atoms with E-state index in [2.05, 4.69) is 5.32 Å². The molecule has 0 heterocycles. The third kappa shape index (κ3) is 3.93. The summed E-state index contributed by atoms with van der Waals surface area (Å²) in [5.74, 6) is -0.0612. The number of aliphatic hydroxyl groups excluding tert-OH is 1. The first-order valence-electron chi connectivity index (χ1n) is 6.27. The summed E-state index contributed by atoms with van der Waals surface area (Å²) >= 11 is 0. The highest BCUT2D eigenvalue weighted by Gasteiger charge is 2.06. The quantitative estimate of drug-likeness (QED) is 0.882. The van der Waals surface area contributed by atoms with Crippen molar-refractivity contribution in [2.45, 2.75) is 19.4 Å². The maximum Gasteiger partial charge on any atom is 0.228 e. The number of anilines is 1. The first kappa shape index (κ1) is 13.3. The van der Waals surface area contributed by atoms with Gasteiger partial charge in [-0.05, 0) is 30.2 Å². The van der Waals surface area contributed by atoms with Crippen LogP contribution < -0.4 is 5.32 Å². The van der Waals surface area contributed by atoms with E-state index in [0.717, 1.165) is 11.1 Å². The largest absolute Gasteiger partial charge is 0.389 e. The average molecular weight is 255 g/mol. The van der Waals surface area contributed by atoms with Crippen LogP contribution in [-0.2, 0) is 11.2 Å². The van der Waals surface area contributed by atoms with Crippen LogP contribution in [0.4, 0.5) is 5.69 Å². The van der Waals surface area contributed by atoms with E-state index in [-0.39, 0.29) is 5.91 Å². The molecule has 2 N–H and O–H groups in total. The molecule has 2 aromatic carbocycles. The molecular formula is C16H17NO2. The Balaban J connectivity index is 2.01. The lowest BCUT2D eigenvalue weighted by Crippen LogP contribution is -2.14. The van der Waals surface area contributed by atoms with Gasteiger partial charge in [0.25, 0.3) is 0 Å². The van der Waals surface area contributed by atoms with Crippen molar-refractivity contribution >= 4 is 11.6 Å². The second-order valence-electron chi connectivity index (χ2n) is 4.51. The zero-order chi connectivity index (χ0) is 13.7. The molecule has 0 bridgehead atoms. The second-order valence-corrected chi connectivity index (χ2v) is 4.51. The van der Waals surface area contributed by atoms with Crippen molar-refractivity contribution in [3.8, 4) is 0 Å². The monoisotopic (exact) mass is 255 g/mol. The maximum atomic E-state index is 11.9. The van der Waals surface area contributed by atoms with Crippen molar-refractivity contribution in [2.24, 2.45) is 0 Å². The fourth-order valence-corrected chi connectivity index (χ4v) is 1.86. The Kier molecular flexibility index (Phi) is 4.31. The van der Waals surface area contributed by atoms with Gasteiger partial charge in [-0.25, -0.2) is 0 Å². The first-order chi connectivity index (χ1) is 9.15. The second kappa shape index (κ2) is 6.16. The van der Waals surface area contributed by atoms with Gasteiger partial charge in [0.15, 0.2) is 0 Å². The summed E-state index contributed by atoms with van der Waals surface area (Å²) in [4.78, 5) is 11.9. The Morgan fingerprint density at radius 1 is 1.16 bits per heavy atom. The third-order valence-electron chi connectivity index (χ3n) is 2.86. The summed E-state index contributed by atoms with van der Waals surface area (Å²) in [5.41, 5.74) is 2.48. The molecule has 0 spiro atoms. The van der Waals surface area contributed by atoms with E-state index in [1.165, 1.54) is 0 Å². The molecule has 3 heteroatoms. The molecule has 2 rings (SSSR count). The van der Waals surface area contributed by atoms with Crippen molar-refractivity contribution in [1.29, 1.82) is 0 Å². The summed E-state index contributed by atoms with van der Waals surface area (Å²) in [6.45, 7) is 1.70. The number of carbonyl (C=O) groups is 1. The van der Waals surface area contributed by atoms with Crippen LogP contribution in [0.3, 0.4) is 0 Å². The smallest absolute Gasteiger partial charge is 0.228 e. The number of carbonyl (C=O) groups excluding carboxylic acids is 1. The Hall–Kier alpha value is -2.13. The Morgan fingerprint density at radius 3 is 2.58 bits per heavy atom. The highest BCUT2D eigenvalue weighted by atomic mass is 16.3. The standard InChI is InChI=1S/C16H17NO2/c1-12(18)14-8-5-9-15(11-14)17-16(19)10-13-6-3-2-4-7-13/h2-9,11-12,18H,10H2,1H3,(H,17,19). The highest BCUT2D eigenvalue weighted by Crippen LogP contribution is 2.17. The summed E-state index contributed by atoms with van der Waals surface area (Å²) in [7, 11) is 0. The lowest BCUT2D eigenvalue weighted by atomic mass is 10.1. The van der Waals surface area contributed by atoms with Crippen molar-refractivity contribution in [3.63, 3.8) is 0 Å². The van der Waals surface area contributed by atoms with E-state index >= 15 is 0 Å². The predicted octanol–water partition coefficient (Wildman–Crippen LogP) is 2.92. The van der Waals surface area contributed by atoms with Crippen molar-refractivity contribution in [2.75, 3.05) is 5.32 Å². The molecule has 0 saturated carbocycles. The van der Waals surface area contributed by atoms with Crippen molar-refractivity contribution < 1.29 is 9.90 Å². The van der Waals surface area contributed by atoms with E-state index in [4.69, 9.17) is 0 Å². The van der Waals surface area contributed by atoms with Gasteiger partial charge in [-0.3, -0.25) is 4.79 Å². The molecule has 1 amide bonds. The van der Waals surface area contributed by atoms with Crippen LogP contribution in [0.2, 0.25) is 0 Å². The minimum absolute atomic E-state index is 0.0612. The minimum Gasteiger partial charge on any atom is -0.389 e. The molecule has 2 aromatic rings. The average Bonchev–Trinajstić information content (AvgIpc) is 2.40. The predicted molar refractivity (Wildman–Crippen MR) is 75.9 cm³/mol. The summed E-state index contributed by atoms with van der Waals surface area (Å²) in [5, 5.41) is 12.3. The topological polar surface area (TPSA) is 49.3 Å². The molecule has 0 aliphatic heterocycles. The fraction of sp³-hybridized carbons (Fsp3) is 0.188. The van der Waals surface area contributed by atoms with Gasteiger partial charge in [0.2, 0.25) is 5.91 Å². The molecule has 0 aliphatic rings. The Labute approximate surface area is 112 Å². The Morgan fingerprint density at radius 2 is 1.89 bits per heavy atom. The van der Waals surface area contributed by atoms with Crippen LogP contribution >= 0.6 is 0 Å². The molecule has 0 fully saturated rings.